The lowest BCUT2D eigenvalue weighted by Gasteiger charge is -2.22. The van der Waals surface area contributed by atoms with Crippen molar-refractivity contribution in [3.05, 3.63) is 54.1 Å². The number of benzene rings is 1. The quantitative estimate of drug-likeness (QED) is 0.388. The van der Waals surface area contributed by atoms with E-state index in [-0.39, 0.29) is 24.0 Å². The van der Waals surface area contributed by atoms with Crippen molar-refractivity contribution in [2.75, 3.05) is 20.1 Å². The maximum Gasteiger partial charge on any atom is 0.194 e. The third-order valence-electron chi connectivity index (χ3n) is 4.93. The van der Waals surface area contributed by atoms with Gasteiger partial charge in [0.15, 0.2) is 5.96 Å². The van der Waals surface area contributed by atoms with E-state index in [9.17, 15) is 0 Å². The molecule has 1 aliphatic rings. The van der Waals surface area contributed by atoms with Gasteiger partial charge in [0.05, 0.1) is 6.54 Å². The summed E-state index contributed by atoms with van der Waals surface area (Å²) in [6.07, 6.45) is 6.31. The number of aliphatic imine (C=N–C) groups is 1. The molecule has 1 saturated heterocycles. The largest absolute Gasteiger partial charge is 0.349 e. The Labute approximate surface area is 180 Å². The van der Waals surface area contributed by atoms with Crippen LogP contribution in [0.1, 0.15) is 31.7 Å². The van der Waals surface area contributed by atoms with E-state index in [2.05, 4.69) is 75.1 Å². The average molecular weight is 481 g/mol. The molecule has 0 saturated carbocycles. The molecule has 148 valence electrons. The topological polar surface area (TPSA) is 45.5 Å². The standard InChI is InChI=1S/C21H31N5.HI/c1-17(2)15-25-12-10-23-20(25)14-24-21(22-3)26-11-9-19(16-26)13-18-7-5-4-6-8-18;/h4-8,10,12,17,19H,9,11,13-16H2,1-3H3,(H,22,24);1H. The van der Waals surface area contributed by atoms with Crippen molar-refractivity contribution < 1.29 is 0 Å². The fraction of sp³-hybridized carbons (Fsp3) is 0.524. The fourth-order valence-electron chi connectivity index (χ4n) is 3.70. The molecule has 0 radical (unpaired) electrons. The zero-order chi connectivity index (χ0) is 18.4. The Balaban J connectivity index is 0.00000261. The van der Waals surface area contributed by atoms with E-state index in [1.807, 2.05) is 13.2 Å². The van der Waals surface area contributed by atoms with E-state index in [0.29, 0.717) is 18.4 Å². The number of hydrogen-bond acceptors (Lipinski definition) is 2. The minimum absolute atomic E-state index is 0. The molecule has 1 N–H and O–H groups in total. The van der Waals surface area contributed by atoms with Crippen LogP contribution in [-0.4, -0.2) is 40.5 Å². The van der Waals surface area contributed by atoms with Crippen LogP contribution in [0.25, 0.3) is 0 Å². The summed E-state index contributed by atoms with van der Waals surface area (Å²) >= 11 is 0. The Morgan fingerprint density at radius 2 is 2.07 bits per heavy atom. The zero-order valence-electron chi connectivity index (χ0n) is 16.6. The Hall–Kier alpha value is -1.57. The lowest BCUT2D eigenvalue weighted by atomic mass is 9.99. The molecule has 0 amide bonds. The highest BCUT2D eigenvalue weighted by Gasteiger charge is 2.25. The number of aromatic nitrogens is 2. The van der Waals surface area contributed by atoms with Crippen LogP contribution in [0, 0.1) is 11.8 Å². The zero-order valence-corrected chi connectivity index (χ0v) is 19.0. The van der Waals surface area contributed by atoms with Crippen molar-refractivity contribution in [3.63, 3.8) is 0 Å². The van der Waals surface area contributed by atoms with E-state index < -0.39 is 0 Å². The molecule has 6 heteroatoms. The first kappa shape index (κ1) is 21.7. The normalized spacial score (nSPS) is 17.3. The molecule has 1 fully saturated rings. The predicted molar refractivity (Wildman–Crippen MR) is 123 cm³/mol. The first-order valence-electron chi connectivity index (χ1n) is 9.65. The molecule has 1 atom stereocenters. The molecule has 3 rings (SSSR count). The second kappa shape index (κ2) is 10.7. The molecule has 0 bridgehead atoms. The Morgan fingerprint density at radius 3 is 2.78 bits per heavy atom. The predicted octanol–water partition coefficient (Wildman–Crippen LogP) is 3.80. The Morgan fingerprint density at radius 1 is 1.30 bits per heavy atom. The molecule has 2 heterocycles. The summed E-state index contributed by atoms with van der Waals surface area (Å²) in [5, 5.41) is 3.50. The van der Waals surface area contributed by atoms with Crippen molar-refractivity contribution in [1.29, 1.82) is 0 Å². The van der Waals surface area contributed by atoms with Gasteiger partial charge in [-0.1, -0.05) is 44.2 Å². The van der Waals surface area contributed by atoms with Crippen molar-refractivity contribution in [2.24, 2.45) is 16.8 Å². The SMILES string of the molecule is CN=C(NCc1nccn1CC(C)C)N1CCC(Cc2ccccc2)C1.I. The molecule has 0 spiro atoms. The number of halogens is 1. The molecule has 1 unspecified atom stereocenters. The monoisotopic (exact) mass is 481 g/mol. The third-order valence-corrected chi connectivity index (χ3v) is 4.93. The van der Waals surface area contributed by atoms with Gasteiger partial charge in [0.1, 0.15) is 5.82 Å². The van der Waals surface area contributed by atoms with Gasteiger partial charge in [0.25, 0.3) is 0 Å². The number of guanidine groups is 1. The highest BCUT2D eigenvalue weighted by molar-refractivity contribution is 14.0. The first-order valence-corrected chi connectivity index (χ1v) is 9.65. The van der Waals surface area contributed by atoms with Gasteiger partial charge in [0.2, 0.25) is 0 Å². The van der Waals surface area contributed by atoms with E-state index in [0.717, 1.165) is 37.8 Å². The van der Waals surface area contributed by atoms with Crippen LogP contribution in [0.3, 0.4) is 0 Å². The van der Waals surface area contributed by atoms with Gasteiger partial charge in [-0.2, -0.15) is 0 Å². The number of imidazole rings is 1. The van der Waals surface area contributed by atoms with Crippen molar-refractivity contribution in [3.8, 4) is 0 Å². The second-order valence-corrected chi connectivity index (χ2v) is 7.58. The number of hydrogen-bond donors (Lipinski definition) is 1. The van der Waals surface area contributed by atoms with Gasteiger partial charge in [-0.15, -0.1) is 24.0 Å². The van der Waals surface area contributed by atoms with Crippen molar-refractivity contribution >= 4 is 29.9 Å². The summed E-state index contributed by atoms with van der Waals surface area (Å²) in [7, 11) is 1.87. The second-order valence-electron chi connectivity index (χ2n) is 7.58. The molecule has 5 nitrogen and oxygen atoms in total. The van der Waals surface area contributed by atoms with E-state index in [1.54, 1.807) is 0 Å². The molecular weight excluding hydrogens is 449 g/mol. The molecule has 1 aliphatic heterocycles. The van der Waals surface area contributed by atoms with Gasteiger partial charge < -0.3 is 14.8 Å². The van der Waals surface area contributed by atoms with Gasteiger partial charge in [-0.3, -0.25) is 4.99 Å². The van der Waals surface area contributed by atoms with Gasteiger partial charge in [-0.25, -0.2) is 4.98 Å². The van der Waals surface area contributed by atoms with E-state index >= 15 is 0 Å². The molecule has 0 aliphatic carbocycles. The molecule has 1 aromatic carbocycles. The summed E-state index contributed by atoms with van der Waals surface area (Å²) < 4.78 is 2.23. The van der Waals surface area contributed by atoms with Gasteiger partial charge in [0, 0.05) is 39.1 Å². The summed E-state index contributed by atoms with van der Waals surface area (Å²) in [5.74, 6) is 3.36. The van der Waals surface area contributed by atoms with Crippen LogP contribution in [0.2, 0.25) is 0 Å². The Kier molecular flexibility index (Phi) is 8.60. The van der Waals surface area contributed by atoms with Crippen LogP contribution in [-0.2, 0) is 19.5 Å². The van der Waals surface area contributed by atoms with Gasteiger partial charge >= 0.3 is 0 Å². The maximum absolute atomic E-state index is 4.50. The summed E-state index contributed by atoms with van der Waals surface area (Å²) in [5.41, 5.74) is 1.43. The van der Waals surface area contributed by atoms with Crippen LogP contribution in [0.4, 0.5) is 0 Å². The lowest BCUT2D eigenvalue weighted by Crippen LogP contribution is -2.40. The van der Waals surface area contributed by atoms with Crippen LogP contribution in [0.15, 0.2) is 47.7 Å². The Bertz CT molecular complexity index is 710. The fourth-order valence-corrected chi connectivity index (χ4v) is 3.70. The third kappa shape index (κ3) is 6.23. The smallest absolute Gasteiger partial charge is 0.194 e. The van der Waals surface area contributed by atoms with Gasteiger partial charge in [-0.05, 0) is 30.2 Å². The minimum atomic E-state index is 0. The van der Waals surface area contributed by atoms with Crippen molar-refractivity contribution in [2.45, 2.75) is 39.8 Å². The van der Waals surface area contributed by atoms with E-state index in [4.69, 9.17) is 0 Å². The van der Waals surface area contributed by atoms with Crippen LogP contribution >= 0.6 is 24.0 Å². The molecular formula is C21H32IN5. The van der Waals surface area contributed by atoms with Crippen LogP contribution in [0.5, 0.6) is 0 Å². The lowest BCUT2D eigenvalue weighted by molar-refractivity contribution is 0.455. The number of likely N-dealkylation sites (tertiary alicyclic amines) is 1. The molecule has 27 heavy (non-hydrogen) atoms. The molecule has 2 aromatic rings. The van der Waals surface area contributed by atoms with Crippen molar-refractivity contribution in [1.82, 2.24) is 19.8 Å². The van der Waals surface area contributed by atoms with E-state index in [1.165, 1.54) is 12.0 Å². The average Bonchev–Trinajstić information content (AvgIpc) is 3.26. The highest BCUT2D eigenvalue weighted by atomic mass is 127. The first-order chi connectivity index (χ1) is 12.7. The summed E-state index contributed by atoms with van der Waals surface area (Å²) in [6, 6.07) is 10.8. The number of nitrogens with one attached hydrogen (secondary N) is 1. The number of nitrogens with zero attached hydrogens (tertiary/aromatic N) is 4. The summed E-state index contributed by atoms with van der Waals surface area (Å²) in [4.78, 5) is 11.4. The van der Waals surface area contributed by atoms with Crippen LogP contribution < -0.4 is 5.32 Å². The molecule has 1 aromatic heterocycles. The maximum atomic E-state index is 4.50. The minimum Gasteiger partial charge on any atom is -0.349 e. The highest BCUT2D eigenvalue weighted by Crippen LogP contribution is 2.21. The summed E-state index contributed by atoms with van der Waals surface area (Å²) in [6.45, 7) is 8.30. The number of rotatable bonds is 6.